The van der Waals surface area contributed by atoms with Crippen LogP contribution in [0.4, 0.5) is 0 Å². The van der Waals surface area contributed by atoms with Gasteiger partial charge in [0.15, 0.2) is 0 Å². The molecule has 1 saturated carbocycles. The molecule has 0 bridgehead atoms. The molecule has 1 aliphatic rings. The molecular formula is C13H19NO4S2. The third-order valence-electron chi connectivity index (χ3n) is 3.80. The molecule has 112 valence electrons. The molecule has 20 heavy (non-hydrogen) atoms. The van der Waals surface area contributed by atoms with Crippen molar-refractivity contribution in [2.75, 3.05) is 0 Å². The minimum Gasteiger partial charge on any atom is -0.477 e. The van der Waals surface area contributed by atoms with Crippen molar-refractivity contribution in [2.24, 2.45) is 5.92 Å². The predicted molar refractivity (Wildman–Crippen MR) is 77.8 cm³/mol. The maximum atomic E-state index is 12.3. The van der Waals surface area contributed by atoms with E-state index in [0.29, 0.717) is 11.5 Å². The number of aromatic carboxylic acids is 1. The monoisotopic (exact) mass is 317 g/mol. The van der Waals surface area contributed by atoms with Gasteiger partial charge in [-0.05, 0) is 44.2 Å². The lowest BCUT2D eigenvalue weighted by atomic mass is 10.0. The van der Waals surface area contributed by atoms with Crippen molar-refractivity contribution < 1.29 is 18.3 Å². The van der Waals surface area contributed by atoms with Crippen molar-refractivity contribution in [3.63, 3.8) is 0 Å². The summed E-state index contributed by atoms with van der Waals surface area (Å²) in [7, 11) is -3.63. The summed E-state index contributed by atoms with van der Waals surface area (Å²) in [5.41, 5.74) is 0.483. The highest BCUT2D eigenvalue weighted by molar-refractivity contribution is 7.91. The van der Waals surface area contributed by atoms with Crippen molar-refractivity contribution in [2.45, 2.75) is 49.8 Å². The van der Waals surface area contributed by atoms with Gasteiger partial charge in [-0.25, -0.2) is 17.9 Å². The number of carbonyl (C=O) groups is 1. The number of thiophene rings is 1. The van der Waals surface area contributed by atoms with Gasteiger partial charge in [-0.15, -0.1) is 11.3 Å². The third kappa shape index (κ3) is 3.21. The number of hydrogen-bond acceptors (Lipinski definition) is 4. The molecule has 1 aromatic rings. The van der Waals surface area contributed by atoms with Crippen LogP contribution in [0.15, 0.2) is 10.3 Å². The number of aryl methyl sites for hydroxylation is 1. The lowest BCUT2D eigenvalue weighted by Gasteiger charge is -2.19. The summed E-state index contributed by atoms with van der Waals surface area (Å²) in [6.07, 6.45) is 4.40. The van der Waals surface area contributed by atoms with Gasteiger partial charge < -0.3 is 5.11 Å². The molecule has 0 aromatic carbocycles. The normalized spacial score (nSPS) is 18.3. The first-order chi connectivity index (χ1) is 9.31. The zero-order chi connectivity index (χ0) is 14.9. The zero-order valence-electron chi connectivity index (χ0n) is 11.5. The fourth-order valence-corrected chi connectivity index (χ4v) is 5.36. The van der Waals surface area contributed by atoms with Crippen LogP contribution in [0.5, 0.6) is 0 Å². The minimum absolute atomic E-state index is 0.0808. The average Bonchev–Trinajstić information content (AvgIpc) is 2.96. The Labute approximate surface area is 123 Å². The van der Waals surface area contributed by atoms with Gasteiger partial charge in [-0.1, -0.05) is 12.8 Å². The first-order valence-electron chi connectivity index (χ1n) is 6.67. The van der Waals surface area contributed by atoms with E-state index in [1.165, 1.54) is 6.07 Å². The van der Waals surface area contributed by atoms with E-state index < -0.39 is 16.0 Å². The third-order valence-corrected chi connectivity index (χ3v) is 7.06. The average molecular weight is 317 g/mol. The Balaban J connectivity index is 2.17. The molecule has 0 unspecified atom stereocenters. The Kier molecular flexibility index (Phi) is 4.51. The highest BCUT2D eigenvalue weighted by Crippen LogP contribution is 2.30. The second kappa shape index (κ2) is 5.83. The Morgan fingerprint density at radius 3 is 2.55 bits per heavy atom. The lowest BCUT2D eigenvalue weighted by Crippen LogP contribution is -2.36. The molecule has 0 amide bonds. The van der Waals surface area contributed by atoms with E-state index in [4.69, 9.17) is 5.11 Å². The van der Waals surface area contributed by atoms with Crippen LogP contribution in [0.1, 0.15) is 47.8 Å². The molecule has 0 saturated heterocycles. The Hall–Kier alpha value is -0.920. The zero-order valence-corrected chi connectivity index (χ0v) is 13.2. The molecule has 0 spiro atoms. The summed E-state index contributed by atoms with van der Waals surface area (Å²) in [6.45, 7) is 3.49. The smallest absolute Gasteiger partial charge is 0.346 e. The van der Waals surface area contributed by atoms with Crippen LogP contribution >= 0.6 is 11.3 Å². The number of rotatable bonds is 5. The minimum atomic E-state index is -3.63. The van der Waals surface area contributed by atoms with Gasteiger partial charge in [0.05, 0.1) is 0 Å². The summed E-state index contributed by atoms with van der Waals surface area (Å²) in [5, 5.41) is 8.99. The Morgan fingerprint density at radius 2 is 2.05 bits per heavy atom. The van der Waals surface area contributed by atoms with Crippen molar-refractivity contribution in [1.29, 1.82) is 0 Å². The fraction of sp³-hybridized carbons (Fsp3) is 0.615. The molecule has 0 radical (unpaired) electrons. The second-order valence-electron chi connectivity index (χ2n) is 5.34. The summed E-state index contributed by atoms with van der Waals surface area (Å²) >= 11 is 0.809. The summed E-state index contributed by atoms with van der Waals surface area (Å²) in [6, 6.07) is 1.32. The maximum Gasteiger partial charge on any atom is 0.346 e. The molecule has 1 fully saturated rings. The molecule has 0 aliphatic heterocycles. The molecular weight excluding hydrogens is 298 g/mol. The van der Waals surface area contributed by atoms with Gasteiger partial charge in [0.1, 0.15) is 9.09 Å². The van der Waals surface area contributed by atoms with E-state index in [2.05, 4.69) is 4.72 Å². The molecule has 2 N–H and O–H groups in total. The summed E-state index contributed by atoms with van der Waals surface area (Å²) < 4.78 is 27.4. The standard InChI is InChI=1S/C13H19NO4S2/c1-8-7-11(19-12(8)13(15)16)20(17,18)14-9(2)10-5-3-4-6-10/h7,9-10,14H,3-6H2,1-2H3,(H,15,16)/t9-/m0/s1. The topological polar surface area (TPSA) is 83.5 Å². The van der Waals surface area contributed by atoms with E-state index in [0.717, 1.165) is 37.0 Å². The van der Waals surface area contributed by atoms with Gasteiger partial charge >= 0.3 is 5.97 Å². The number of sulfonamides is 1. The first-order valence-corrected chi connectivity index (χ1v) is 8.97. The second-order valence-corrected chi connectivity index (χ2v) is 8.33. The van der Waals surface area contributed by atoms with Crippen LogP contribution in [0, 0.1) is 12.8 Å². The van der Waals surface area contributed by atoms with E-state index in [-0.39, 0.29) is 15.1 Å². The molecule has 5 nitrogen and oxygen atoms in total. The number of carboxylic acids is 1. The van der Waals surface area contributed by atoms with Gasteiger partial charge in [-0.2, -0.15) is 0 Å². The molecule has 1 aliphatic carbocycles. The molecule has 2 rings (SSSR count). The van der Waals surface area contributed by atoms with Crippen LogP contribution < -0.4 is 4.72 Å². The van der Waals surface area contributed by atoms with E-state index in [1.54, 1.807) is 6.92 Å². The molecule has 1 aromatic heterocycles. The van der Waals surface area contributed by atoms with Gasteiger partial charge in [0.2, 0.25) is 10.0 Å². The van der Waals surface area contributed by atoms with E-state index in [9.17, 15) is 13.2 Å². The lowest BCUT2D eigenvalue weighted by molar-refractivity contribution is 0.0701. The summed E-state index contributed by atoms with van der Waals surface area (Å²) in [5.74, 6) is -0.706. The Bertz CT molecular complexity index is 600. The van der Waals surface area contributed by atoms with Crippen molar-refractivity contribution in [3.8, 4) is 0 Å². The predicted octanol–water partition coefficient (Wildman–Crippen LogP) is 2.61. The van der Waals surface area contributed by atoms with Crippen LogP contribution in [0.3, 0.4) is 0 Å². The number of carboxylic acid groups (broad SMARTS) is 1. The molecule has 1 atom stereocenters. The first kappa shape index (κ1) is 15.5. The van der Waals surface area contributed by atoms with Gasteiger partial charge in [-0.3, -0.25) is 0 Å². The highest BCUT2D eigenvalue weighted by Gasteiger charge is 2.28. The number of nitrogens with one attached hydrogen (secondary N) is 1. The quantitative estimate of drug-likeness (QED) is 0.874. The van der Waals surface area contributed by atoms with Crippen LogP contribution in [0.2, 0.25) is 0 Å². The van der Waals surface area contributed by atoms with Crippen molar-refractivity contribution in [3.05, 3.63) is 16.5 Å². The SMILES string of the molecule is Cc1cc(S(=O)(=O)N[C@@H](C)C2CCCC2)sc1C(=O)O. The summed E-state index contributed by atoms with van der Waals surface area (Å²) in [4.78, 5) is 11.1. The van der Waals surface area contributed by atoms with Crippen LogP contribution in [-0.4, -0.2) is 25.5 Å². The van der Waals surface area contributed by atoms with Crippen LogP contribution in [-0.2, 0) is 10.0 Å². The number of hydrogen-bond donors (Lipinski definition) is 2. The maximum absolute atomic E-state index is 12.3. The van der Waals surface area contributed by atoms with Crippen LogP contribution in [0.25, 0.3) is 0 Å². The van der Waals surface area contributed by atoms with Crippen molar-refractivity contribution in [1.82, 2.24) is 4.72 Å². The molecule has 7 heteroatoms. The van der Waals surface area contributed by atoms with Gasteiger partial charge in [0.25, 0.3) is 0 Å². The van der Waals surface area contributed by atoms with E-state index >= 15 is 0 Å². The molecule has 1 heterocycles. The van der Waals surface area contributed by atoms with Gasteiger partial charge in [0, 0.05) is 6.04 Å². The van der Waals surface area contributed by atoms with E-state index in [1.807, 2.05) is 6.92 Å². The van der Waals surface area contributed by atoms with Crippen molar-refractivity contribution >= 4 is 27.3 Å². The Morgan fingerprint density at radius 1 is 1.45 bits per heavy atom. The largest absolute Gasteiger partial charge is 0.477 e. The highest BCUT2D eigenvalue weighted by atomic mass is 32.2. The fourth-order valence-electron chi connectivity index (χ4n) is 2.65.